The summed E-state index contributed by atoms with van der Waals surface area (Å²) >= 11 is 6.15. The summed E-state index contributed by atoms with van der Waals surface area (Å²) in [4.78, 5) is 30.0. The highest BCUT2D eigenvalue weighted by Gasteiger charge is 2.35. The van der Waals surface area contributed by atoms with Crippen molar-refractivity contribution in [3.63, 3.8) is 0 Å². The molecule has 4 rings (SSSR count). The Hall–Kier alpha value is -4.34. The molecule has 10 heteroatoms. The van der Waals surface area contributed by atoms with Gasteiger partial charge in [0.05, 0.1) is 17.7 Å². The fourth-order valence-corrected chi connectivity index (χ4v) is 6.44. The maximum atomic E-state index is 14.5. The van der Waals surface area contributed by atoms with Gasteiger partial charge in [-0.1, -0.05) is 78.7 Å². The zero-order valence-corrected chi connectivity index (χ0v) is 28.1. The van der Waals surface area contributed by atoms with Crippen molar-refractivity contribution in [3.8, 4) is 5.75 Å². The van der Waals surface area contributed by atoms with E-state index in [0.29, 0.717) is 17.2 Å². The lowest BCUT2D eigenvalue weighted by atomic mass is 10.0. The normalized spacial score (nSPS) is 12.5. The van der Waals surface area contributed by atoms with Gasteiger partial charge in [-0.15, -0.1) is 0 Å². The number of methoxy groups -OCH3 is 1. The number of nitrogens with zero attached hydrogens (tertiary/aromatic N) is 2. The standard InChI is InChI=1S/C36H40ClN3O5S/c1-5-27(3)38-36(42)34(23-28-9-7-6-8-10-28)39(24-29-13-15-30(37)16-14-29)35(41)25-40(31-17-19-32(45-4)20-18-31)46(43,44)33-21-11-26(2)12-22-33/h6-22,27,34H,5,23-25H2,1-4H3,(H,38,42)/t27-,34+/m0/s1. The van der Waals surface area contributed by atoms with Crippen molar-refractivity contribution in [2.24, 2.45) is 0 Å². The lowest BCUT2D eigenvalue weighted by Crippen LogP contribution is -2.54. The number of benzene rings is 4. The molecule has 2 atom stereocenters. The van der Waals surface area contributed by atoms with E-state index >= 15 is 0 Å². The number of hydrogen-bond donors (Lipinski definition) is 1. The fourth-order valence-electron chi connectivity index (χ4n) is 4.90. The van der Waals surface area contributed by atoms with Crippen LogP contribution in [0.1, 0.15) is 37.0 Å². The molecule has 0 saturated heterocycles. The Kier molecular flexibility index (Phi) is 11.8. The first-order chi connectivity index (χ1) is 22.0. The zero-order chi connectivity index (χ0) is 33.3. The number of carbonyl (C=O) groups excluding carboxylic acids is 2. The van der Waals surface area contributed by atoms with Gasteiger partial charge in [-0.3, -0.25) is 13.9 Å². The monoisotopic (exact) mass is 661 g/mol. The summed E-state index contributed by atoms with van der Waals surface area (Å²) in [6.07, 6.45) is 0.935. The third-order valence-electron chi connectivity index (χ3n) is 7.79. The van der Waals surface area contributed by atoms with E-state index in [0.717, 1.165) is 21.0 Å². The van der Waals surface area contributed by atoms with Crippen LogP contribution in [0.2, 0.25) is 5.02 Å². The molecule has 0 fully saturated rings. The van der Waals surface area contributed by atoms with E-state index in [4.69, 9.17) is 16.3 Å². The average Bonchev–Trinajstić information content (AvgIpc) is 3.06. The van der Waals surface area contributed by atoms with E-state index < -0.39 is 28.5 Å². The third kappa shape index (κ3) is 8.89. The van der Waals surface area contributed by atoms with Gasteiger partial charge >= 0.3 is 0 Å². The molecule has 0 unspecified atom stereocenters. The van der Waals surface area contributed by atoms with Crippen molar-refractivity contribution in [3.05, 3.63) is 125 Å². The molecular formula is C36H40ClN3O5S. The number of carbonyl (C=O) groups is 2. The average molecular weight is 662 g/mol. The van der Waals surface area contributed by atoms with Gasteiger partial charge in [-0.2, -0.15) is 0 Å². The second kappa shape index (κ2) is 15.8. The van der Waals surface area contributed by atoms with Gasteiger partial charge in [0.2, 0.25) is 11.8 Å². The first kappa shape index (κ1) is 34.5. The van der Waals surface area contributed by atoms with E-state index in [2.05, 4.69) is 5.32 Å². The number of nitrogens with one attached hydrogen (secondary N) is 1. The van der Waals surface area contributed by atoms with E-state index in [1.54, 1.807) is 60.7 Å². The van der Waals surface area contributed by atoms with Crippen LogP contribution in [0.15, 0.2) is 108 Å². The van der Waals surface area contributed by atoms with Crippen molar-refractivity contribution in [1.29, 1.82) is 0 Å². The summed E-state index contributed by atoms with van der Waals surface area (Å²) in [5.74, 6) is -0.323. The molecule has 4 aromatic rings. The highest BCUT2D eigenvalue weighted by atomic mass is 35.5. The molecule has 1 N–H and O–H groups in total. The van der Waals surface area contributed by atoms with Gasteiger partial charge in [0.15, 0.2) is 0 Å². The van der Waals surface area contributed by atoms with Gasteiger partial charge in [0.1, 0.15) is 18.3 Å². The molecule has 242 valence electrons. The minimum absolute atomic E-state index is 0.0429. The highest BCUT2D eigenvalue weighted by molar-refractivity contribution is 7.92. The molecule has 0 bridgehead atoms. The Morgan fingerprint density at radius 2 is 1.50 bits per heavy atom. The summed E-state index contributed by atoms with van der Waals surface area (Å²) in [6, 6.07) is 28.3. The van der Waals surface area contributed by atoms with Gasteiger partial charge in [0, 0.05) is 24.0 Å². The SMILES string of the molecule is CC[C@H](C)NC(=O)[C@@H](Cc1ccccc1)N(Cc1ccc(Cl)cc1)C(=O)CN(c1ccc(OC)cc1)S(=O)(=O)c1ccc(C)cc1. The number of aryl methyl sites for hydroxylation is 1. The van der Waals surface area contributed by atoms with Crippen LogP contribution in [0.25, 0.3) is 0 Å². The molecule has 2 amide bonds. The van der Waals surface area contributed by atoms with Crippen LogP contribution in [-0.2, 0) is 32.6 Å². The Bertz CT molecular complexity index is 1700. The van der Waals surface area contributed by atoms with E-state index in [9.17, 15) is 18.0 Å². The first-order valence-electron chi connectivity index (χ1n) is 15.1. The van der Waals surface area contributed by atoms with Crippen molar-refractivity contribution >= 4 is 39.1 Å². The second-order valence-corrected chi connectivity index (χ2v) is 13.5. The van der Waals surface area contributed by atoms with E-state index in [1.807, 2.05) is 51.1 Å². The van der Waals surface area contributed by atoms with Crippen molar-refractivity contribution in [1.82, 2.24) is 10.2 Å². The maximum absolute atomic E-state index is 14.5. The molecule has 0 aliphatic carbocycles. The lowest BCUT2D eigenvalue weighted by Gasteiger charge is -2.34. The predicted octanol–water partition coefficient (Wildman–Crippen LogP) is 6.41. The van der Waals surface area contributed by atoms with Crippen LogP contribution < -0.4 is 14.4 Å². The Labute approximate surface area is 277 Å². The van der Waals surface area contributed by atoms with Crippen LogP contribution in [0.4, 0.5) is 5.69 Å². The molecular weight excluding hydrogens is 622 g/mol. The molecule has 46 heavy (non-hydrogen) atoms. The summed E-state index contributed by atoms with van der Waals surface area (Å²) < 4.78 is 34.7. The van der Waals surface area contributed by atoms with Crippen LogP contribution in [-0.4, -0.2) is 50.9 Å². The minimum atomic E-state index is -4.20. The summed E-state index contributed by atoms with van der Waals surface area (Å²) in [6.45, 7) is 5.26. The Morgan fingerprint density at radius 1 is 0.870 bits per heavy atom. The largest absolute Gasteiger partial charge is 0.497 e. The summed E-state index contributed by atoms with van der Waals surface area (Å²) in [7, 11) is -2.68. The minimum Gasteiger partial charge on any atom is -0.497 e. The molecule has 0 aromatic heterocycles. The number of sulfonamides is 1. The van der Waals surface area contributed by atoms with E-state index in [-0.39, 0.29) is 35.5 Å². The van der Waals surface area contributed by atoms with Gasteiger partial charge in [-0.05, 0) is 79.9 Å². The molecule has 0 aliphatic rings. The van der Waals surface area contributed by atoms with Gasteiger partial charge in [0.25, 0.3) is 10.0 Å². The third-order valence-corrected chi connectivity index (χ3v) is 9.83. The predicted molar refractivity (Wildman–Crippen MR) is 183 cm³/mol. The lowest BCUT2D eigenvalue weighted by molar-refractivity contribution is -0.140. The van der Waals surface area contributed by atoms with E-state index in [1.165, 1.54) is 24.1 Å². The van der Waals surface area contributed by atoms with Crippen molar-refractivity contribution in [2.75, 3.05) is 18.0 Å². The van der Waals surface area contributed by atoms with Crippen LogP contribution in [0, 0.1) is 6.92 Å². The maximum Gasteiger partial charge on any atom is 0.264 e. The zero-order valence-electron chi connectivity index (χ0n) is 26.5. The number of ether oxygens (including phenoxy) is 1. The molecule has 8 nitrogen and oxygen atoms in total. The smallest absolute Gasteiger partial charge is 0.264 e. The number of amides is 2. The highest BCUT2D eigenvalue weighted by Crippen LogP contribution is 2.27. The van der Waals surface area contributed by atoms with Gasteiger partial charge < -0.3 is 15.0 Å². The summed E-state index contributed by atoms with van der Waals surface area (Å²) in [5.41, 5.74) is 2.78. The fraction of sp³-hybridized carbons (Fsp3) is 0.278. The first-order valence-corrected chi connectivity index (χ1v) is 16.9. The van der Waals surface area contributed by atoms with Crippen LogP contribution >= 0.6 is 11.6 Å². The molecule has 4 aromatic carbocycles. The molecule has 0 radical (unpaired) electrons. The molecule has 0 heterocycles. The molecule has 0 saturated carbocycles. The Balaban J connectivity index is 1.80. The topological polar surface area (TPSA) is 96.0 Å². The molecule has 0 spiro atoms. The van der Waals surface area contributed by atoms with Crippen molar-refractivity contribution in [2.45, 2.75) is 57.1 Å². The quantitative estimate of drug-likeness (QED) is 0.169. The van der Waals surface area contributed by atoms with Crippen LogP contribution in [0.5, 0.6) is 5.75 Å². The number of rotatable bonds is 14. The summed E-state index contributed by atoms with van der Waals surface area (Å²) in [5, 5.41) is 3.57. The van der Waals surface area contributed by atoms with Crippen molar-refractivity contribution < 1.29 is 22.7 Å². The Morgan fingerprint density at radius 3 is 2.09 bits per heavy atom. The van der Waals surface area contributed by atoms with Crippen LogP contribution in [0.3, 0.4) is 0 Å². The number of halogens is 1. The second-order valence-electron chi connectivity index (χ2n) is 11.2. The number of anilines is 1. The molecule has 0 aliphatic heterocycles. The number of hydrogen-bond acceptors (Lipinski definition) is 5. The van der Waals surface area contributed by atoms with Gasteiger partial charge in [-0.25, -0.2) is 8.42 Å².